The molecule has 1 N–H and O–H groups in total. The van der Waals surface area contributed by atoms with E-state index in [0.29, 0.717) is 23.5 Å². The van der Waals surface area contributed by atoms with Crippen molar-refractivity contribution in [2.24, 2.45) is 0 Å². The minimum absolute atomic E-state index is 0.243. The lowest BCUT2D eigenvalue weighted by Crippen LogP contribution is -2.34. The first kappa shape index (κ1) is 22.5. The van der Waals surface area contributed by atoms with Crippen molar-refractivity contribution in [2.45, 2.75) is 52.1 Å². The fourth-order valence-corrected chi connectivity index (χ4v) is 3.54. The van der Waals surface area contributed by atoms with Crippen molar-refractivity contribution in [3.63, 3.8) is 0 Å². The van der Waals surface area contributed by atoms with Crippen LogP contribution in [0.4, 0.5) is 0 Å². The van der Waals surface area contributed by atoms with Crippen LogP contribution in [-0.2, 0) is 22.4 Å². The van der Waals surface area contributed by atoms with Gasteiger partial charge in [0, 0.05) is 11.1 Å². The second-order valence-corrected chi connectivity index (χ2v) is 7.74. The van der Waals surface area contributed by atoms with Crippen LogP contribution in [-0.4, -0.2) is 36.9 Å². The van der Waals surface area contributed by atoms with Crippen molar-refractivity contribution < 1.29 is 23.9 Å². The van der Waals surface area contributed by atoms with Crippen LogP contribution < -0.4 is 10.1 Å². The van der Waals surface area contributed by atoms with Gasteiger partial charge in [0.15, 0.2) is 6.10 Å². The quantitative estimate of drug-likeness (QED) is 0.356. The Balaban J connectivity index is 1.45. The molecule has 0 aromatic heterocycles. The van der Waals surface area contributed by atoms with E-state index < -0.39 is 18.0 Å². The number of benzene rings is 2. The molecule has 6 heteroatoms. The van der Waals surface area contributed by atoms with Gasteiger partial charge in [-0.2, -0.15) is 0 Å². The Labute approximate surface area is 182 Å². The summed E-state index contributed by atoms with van der Waals surface area (Å²) >= 11 is 0. The molecule has 0 heterocycles. The highest BCUT2D eigenvalue weighted by Crippen LogP contribution is 2.23. The second-order valence-electron chi connectivity index (χ2n) is 7.74. The van der Waals surface area contributed by atoms with E-state index in [1.807, 2.05) is 12.1 Å². The van der Waals surface area contributed by atoms with Crippen LogP contribution >= 0.6 is 0 Å². The monoisotopic (exact) mass is 423 g/mol. The molecular weight excluding hydrogens is 394 g/mol. The van der Waals surface area contributed by atoms with Gasteiger partial charge in [-0.15, -0.1) is 0 Å². The van der Waals surface area contributed by atoms with Gasteiger partial charge in [0.1, 0.15) is 12.3 Å². The zero-order valence-corrected chi connectivity index (χ0v) is 18.1. The largest absolute Gasteiger partial charge is 0.494 e. The van der Waals surface area contributed by atoms with Gasteiger partial charge in [-0.25, -0.2) is 0 Å². The summed E-state index contributed by atoms with van der Waals surface area (Å²) in [5, 5.41) is 2.52. The number of carbonyl (C=O) groups excluding carboxylic acids is 3. The van der Waals surface area contributed by atoms with Crippen LogP contribution in [0.15, 0.2) is 42.5 Å². The number of amides is 1. The number of ketones is 1. The number of rotatable bonds is 10. The van der Waals surface area contributed by atoms with Gasteiger partial charge >= 0.3 is 5.97 Å². The van der Waals surface area contributed by atoms with Gasteiger partial charge in [-0.3, -0.25) is 14.4 Å². The Bertz CT molecular complexity index is 935. The summed E-state index contributed by atoms with van der Waals surface area (Å²) in [6.45, 7) is 3.96. The van der Waals surface area contributed by atoms with Gasteiger partial charge < -0.3 is 14.8 Å². The van der Waals surface area contributed by atoms with Crippen LogP contribution in [0, 0.1) is 0 Å². The summed E-state index contributed by atoms with van der Waals surface area (Å²) in [6.07, 6.45) is 4.23. The minimum atomic E-state index is -0.914. The Morgan fingerprint density at radius 1 is 1.00 bits per heavy atom. The molecule has 0 spiro atoms. The van der Waals surface area contributed by atoms with E-state index in [4.69, 9.17) is 9.47 Å². The average Bonchev–Trinajstić information content (AvgIpc) is 3.25. The molecule has 3 rings (SSSR count). The third-order valence-corrected chi connectivity index (χ3v) is 5.34. The Hall–Kier alpha value is -3.15. The molecule has 0 unspecified atom stereocenters. The van der Waals surface area contributed by atoms with Gasteiger partial charge in [-0.1, -0.05) is 25.5 Å². The van der Waals surface area contributed by atoms with Crippen LogP contribution in [0.2, 0.25) is 0 Å². The molecule has 0 saturated carbocycles. The van der Waals surface area contributed by atoms with Gasteiger partial charge in [0.25, 0.3) is 5.91 Å². The number of Topliss-reactive ketones (excluding diaryl/α,β-unsaturated/α-hetero) is 1. The molecule has 0 bridgehead atoms. The molecule has 1 aliphatic carbocycles. The number of hydrogen-bond acceptors (Lipinski definition) is 5. The molecule has 164 valence electrons. The lowest BCUT2D eigenvalue weighted by atomic mass is 10.0. The van der Waals surface area contributed by atoms with E-state index in [2.05, 4.69) is 12.2 Å². The highest BCUT2D eigenvalue weighted by molar-refractivity contribution is 6.01. The average molecular weight is 424 g/mol. The summed E-state index contributed by atoms with van der Waals surface area (Å²) < 4.78 is 10.8. The second kappa shape index (κ2) is 10.8. The summed E-state index contributed by atoms with van der Waals surface area (Å²) in [7, 11) is 0. The molecule has 6 nitrogen and oxygen atoms in total. The van der Waals surface area contributed by atoms with Gasteiger partial charge in [0.05, 0.1) is 6.61 Å². The first-order valence-corrected chi connectivity index (χ1v) is 10.8. The number of nitrogens with one attached hydrogen (secondary N) is 1. The number of unbranched alkanes of at least 4 members (excludes halogenated alkanes) is 1. The van der Waals surface area contributed by atoms with Gasteiger partial charge in [-0.05, 0) is 74.1 Å². The lowest BCUT2D eigenvalue weighted by molar-refractivity contribution is -0.145. The SMILES string of the molecule is CCCCOc1ccc(C(=O)NCC(=O)O[C@H](C)C(=O)c2ccc3c(c2)CCC3)cc1. The van der Waals surface area contributed by atoms with Crippen molar-refractivity contribution in [1.29, 1.82) is 0 Å². The molecule has 1 atom stereocenters. The topological polar surface area (TPSA) is 81.7 Å². The van der Waals surface area contributed by atoms with Crippen LogP contribution in [0.5, 0.6) is 5.75 Å². The minimum Gasteiger partial charge on any atom is -0.494 e. The zero-order chi connectivity index (χ0) is 22.2. The number of esters is 1. The Morgan fingerprint density at radius 2 is 1.71 bits per heavy atom. The van der Waals surface area contributed by atoms with E-state index in [0.717, 1.165) is 32.1 Å². The van der Waals surface area contributed by atoms with Crippen LogP contribution in [0.25, 0.3) is 0 Å². The highest BCUT2D eigenvalue weighted by atomic mass is 16.5. The van der Waals surface area contributed by atoms with Crippen molar-refractivity contribution in [1.82, 2.24) is 5.32 Å². The fourth-order valence-electron chi connectivity index (χ4n) is 3.54. The molecule has 0 aliphatic heterocycles. The van der Waals surface area contributed by atoms with Crippen LogP contribution in [0.1, 0.15) is 65.0 Å². The summed E-state index contributed by atoms with van der Waals surface area (Å²) in [4.78, 5) is 36.9. The number of aryl methyl sites for hydroxylation is 2. The molecule has 1 amide bonds. The molecule has 1 aliphatic rings. The fraction of sp³-hybridized carbons (Fsp3) is 0.400. The number of ether oxygens (including phenoxy) is 2. The van der Waals surface area contributed by atoms with Crippen molar-refractivity contribution in [3.8, 4) is 5.75 Å². The number of carbonyl (C=O) groups is 3. The van der Waals surface area contributed by atoms with E-state index in [-0.39, 0.29) is 12.3 Å². The maximum Gasteiger partial charge on any atom is 0.326 e. The third kappa shape index (κ3) is 6.17. The number of hydrogen-bond donors (Lipinski definition) is 1. The zero-order valence-electron chi connectivity index (χ0n) is 18.1. The summed E-state index contributed by atoms with van der Waals surface area (Å²) in [5.41, 5.74) is 3.44. The summed E-state index contributed by atoms with van der Waals surface area (Å²) in [6, 6.07) is 12.4. The van der Waals surface area contributed by atoms with Crippen molar-refractivity contribution in [2.75, 3.05) is 13.2 Å². The standard InChI is InChI=1S/C25H29NO5/c1-3-4-14-30-22-12-10-19(11-13-22)25(29)26-16-23(27)31-17(2)24(28)21-9-8-18-6-5-7-20(18)15-21/h8-13,15,17H,3-7,14,16H2,1-2H3,(H,26,29)/t17-/m1/s1. The molecule has 0 saturated heterocycles. The Morgan fingerprint density at radius 3 is 2.45 bits per heavy atom. The molecule has 0 radical (unpaired) electrons. The molecule has 2 aromatic carbocycles. The van der Waals surface area contributed by atoms with E-state index >= 15 is 0 Å². The predicted molar refractivity (Wildman–Crippen MR) is 118 cm³/mol. The third-order valence-electron chi connectivity index (χ3n) is 5.34. The first-order valence-electron chi connectivity index (χ1n) is 10.8. The molecule has 2 aromatic rings. The smallest absolute Gasteiger partial charge is 0.326 e. The van der Waals surface area contributed by atoms with E-state index in [9.17, 15) is 14.4 Å². The van der Waals surface area contributed by atoms with Crippen molar-refractivity contribution in [3.05, 3.63) is 64.7 Å². The Kier molecular flexibility index (Phi) is 7.82. The maximum absolute atomic E-state index is 12.6. The van der Waals surface area contributed by atoms with Crippen molar-refractivity contribution >= 4 is 17.7 Å². The molecule has 0 fully saturated rings. The normalized spacial score (nSPS) is 13.2. The van der Waals surface area contributed by atoms with Crippen LogP contribution in [0.3, 0.4) is 0 Å². The molecular formula is C25H29NO5. The summed E-state index contributed by atoms with van der Waals surface area (Å²) in [5.74, 6) is -0.596. The highest BCUT2D eigenvalue weighted by Gasteiger charge is 2.22. The van der Waals surface area contributed by atoms with E-state index in [1.54, 1.807) is 37.3 Å². The predicted octanol–water partition coefficient (Wildman–Crippen LogP) is 3.90. The lowest BCUT2D eigenvalue weighted by Gasteiger charge is -2.13. The van der Waals surface area contributed by atoms with E-state index in [1.165, 1.54) is 11.1 Å². The maximum atomic E-state index is 12.6. The molecule has 31 heavy (non-hydrogen) atoms. The number of fused-ring (bicyclic) bond motifs is 1. The van der Waals surface area contributed by atoms with Gasteiger partial charge in [0.2, 0.25) is 5.78 Å². The first-order chi connectivity index (χ1) is 15.0.